The molecule has 32 heavy (non-hydrogen) atoms. The topological polar surface area (TPSA) is 63.6 Å². The molecule has 0 saturated heterocycles. The number of carbonyl (C=O) groups excluding carboxylic acids is 1. The largest absolute Gasteiger partial charge is 0.496 e. The zero-order valence-electron chi connectivity index (χ0n) is 20.1. The number of aromatic nitrogens is 1. The van der Waals surface area contributed by atoms with Crippen molar-refractivity contribution in [1.82, 2.24) is 14.8 Å². The number of nitrogens with one attached hydrogen (secondary N) is 1. The maximum atomic E-state index is 13.0. The van der Waals surface area contributed by atoms with E-state index in [1.165, 1.54) is 24.3 Å². The molecule has 6 nitrogen and oxygen atoms in total. The van der Waals surface area contributed by atoms with Crippen LogP contribution in [0.2, 0.25) is 0 Å². The summed E-state index contributed by atoms with van der Waals surface area (Å²) >= 11 is 0. The number of methoxy groups -OCH3 is 1. The van der Waals surface area contributed by atoms with Gasteiger partial charge < -0.3 is 14.6 Å². The average molecular weight is 440 g/mol. The molecule has 0 atom stereocenters. The van der Waals surface area contributed by atoms with Crippen molar-refractivity contribution < 1.29 is 9.53 Å². The Morgan fingerprint density at radius 3 is 2.44 bits per heavy atom. The molecular weight excluding hydrogens is 402 g/mol. The van der Waals surface area contributed by atoms with Crippen LogP contribution in [-0.4, -0.2) is 42.1 Å². The standard InChI is InChI=1S/C26H37N3O3/c1-18(2)10-12-27-26(31)25-22-11-13-28(14-15-29(22)24(30)16-23(25)32-5)17-20-6-8-21(9-7-20)19(3)4/h6-9,16,18-19H,10-15,17H2,1-5H3,(H,27,31). The monoisotopic (exact) mass is 439 g/mol. The van der Waals surface area contributed by atoms with E-state index < -0.39 is 0 Å². The van der Waals surface area contributed by atoms with Crippen molar-refractivity contribution in [1.29, 1.82) is 0 Å². The van der Waals surface area contributed by atoms with E-state index in [4.69, 9.17) is 4.74 Å². The van der Waals surface area contributed by atoms with Gasteiger partial charge in [0.2, 0.25) is 0 Å². The third-order valence-electron chi connectivity index (χ3n) is 6.19. The van der Waals surface area contributed by atoms with E-state index >= 15 is 0 Å². The molecule has 0 unspecified atom stereocenters. The van der Waals surface area contributed by atoms with Crippen molar-refractivity contribution in [2.24, 2.45) is 5.92 Å². The summed E-state index contributed by atoms with van der Waals surface area (Å²) in [6, 6.07) is 10.2. The molecule has 0 fully saturated rings. The van der Waals surface area contributed by atoms with Crippen LogP contribution in [0.15, 0.2) is 35.1 Å². The molecule has 0 radical (unpaired) electrons. The smallest absolute Gasteiger partial charge is 0.256 e. The zero-order chi connectivity index (χ0) is 23.3. The molecule has 6 heteroatoms. The predicted molar refractivity (Wildman–Crippen MR) is 129 cm³/mol. The highest BCUT2D eigenvalue weighted by Crippen LogP contribution is 2.23. The van der Waals surface area contributed by atoms with Gasteiger partial charge in [0.15, 0.2) is 0 Å². The summed E-state index contributed by atoms with van der Waals surface area (Å²) in [6.45, 7) is 12.2. The summed E-state index contributed by atoms with van der Waals surface area (Å²) in [5, 5.41) is 3.01. The Labute approximate surface area is 191 Å². The highest BCUT2D eigenvalue weighted by molar-refractivity contribution is 5.98. The van der Waals surface area contributed by atoms with E-state index in [0.717, 1.165) is 31.7 Å². The Balaban J connectivity index is 1.79. The number of fused-ring (bicyclic) bond motifs is 1. The first-order valence-electron chi connectivity index (χ1n) is 11.7. The first-order valence-corrected chi connectivity index (χ1v) is 11.7. The minimum atomic E-state index is -0.163. The number of rotatable bonds is 8. The first kappa shape index (κ1) is 24.1. The molecule has 1 aliphatic rings. The highest BCUT2D eigenvalue weighted by atomic mass is 16.5. The number of hydrogen-bond acceptors (Lipinski definition) is 4. The van der Waals surface area contributed by atoms with Crippen molar-refractivity contribution in [3.05, 3.63) is 63.1 Å². The maximum Gasteiger partial charge on any atom is 0.256 e. The molecule has 2 aromatic rings. The van der Waals surface area contributed by atoms with E-state index in [9.17, 15) is 9.59 Å². The van der Waals surface area contributed by atoms with E-state index in [-0.39, 0.29) is 11.5 Å². The Bertz CT molecular complexity index is 977. The van der Waals surface area contributed by atoms with Gasteiger partial charge in [0.05, 0.1) is 7.11 Å². The molecule has 1 aromatic heterocycles. The molecule has 3 rings (SSSR count). The summed E-state index contributed by atoms with van der Waals surface area (Å²) in [5.41, 5.74) is 3.76. The van der Waals surface area contributed by atoms with Gasteiger partial charge in [0.25, 0.3) is 11.5 Å². The molecule has 0 aliphatic carbocycles. The molecule has 2 heterocycles. The lowest BCUT2D eigenvalue weighted by Crippen LogP contribution is -2.32. The van der Waals surface area contributed by atoms with Gasteiger partial charge in [-0.25, -0.2) is 0 Å². The van der Waals surface area contributed by atoms with Crippen LogP contribution < -0.4 is 15.6 Å². The fourth-order valence-corrected chi connectivity index (χ4v) is 4.19. The molecule has 174 valence electrons. The third kappa shape index (κ3) is 5.80. The SMILES string of the molecule is COc1cc(=O)n2c(c1C(=O)NCCC(C)C)CCN(Cc1ccc(C(C)C)cc1)CC2. The lowest BCUT2D eigenvalue weighted by atomic mass is 10.0. The number of nitrogens with zero attached hydrogens (tertiary/aromatic N) is 2. The number of hydrogen-bond donors (Lipinski definition) is 1. The van der Waals surface area contributed by atoms with Crippen LogP contribution in [0.25, 0.3) is 0 Å². The molecule has 1 N–H and O–H groups in total. The fraction of sp³-hybridized carbons (Fsp3) is 0.538. The van der Waals surface area contributed by atoms with Gasteiger partial charge in [-0.05, 0) is 29.4 Å². The van der Waals surface area contributed by atoms with Crippen molar-refractivity contribution in [2.75, 3.05) is 26.7 Å². The lowest BCUT2D eigenvalue weighted by molar-refractivity contribution is 0.0946. The van der Waals surface area contributed by atoms with E-state index in [2.05, 4.69) is 62.2 Å². The number of carbonyl (C=O) groups is 1. The van der Waals surface area contributed by atoms with Crippen LogP contribution in [0.4, 0.5) is 0 Å². The second-order valence-corrected chi connectivity index (χ2v) is 9.39. The van der Waals surface area contributed by atoms with Gasteiger partial charge in [-0.15, -0.1) is 0 Å². The van der Waals surface area contributed by atoms with Crippen LogP contribution in [0, 0.1) is 5.92 Å². The van der Waals surface area contributed by atoms with Gasteiger partial charge in [-0.1, -0.05) is 52.0 Å². The third-order valence-corrected chi connectivity index (χ3v) is 6.19. The van der Waals surface area contributed by atoms with Crippen LogP contribution in [0.3, 0.4) is 0 Å². The van der Waals surface area contributed by atoms with Gasteiger partial charge in [-0.3, -0.25) is 14.5 Å². The summed E-state index contributed by atoms with van der Waals surface area (Å²) in [6.07, 6.45) is 1.54. The molecule has 1 amide bonds. The predicted octanol–water partition coefficient (Wildman–Crippen LogP) is 3.81. The lowest BCUT2D eigenvalue weighted by Gasteiger charge is -2.19. The molecule has 0 saturated carbocycles. The summed E-state index contributed by atoms with van der Waals surface area (Å²) in [4.78, 5) is 28.2. The van der Waals surface area contributed by atoms with Crippen LogP contribution in [0.1, 0.15) is 67.2 Å². The minimum Gasteiger partial charge on any atom is -0.496 e. The first-order chi connectivity index (χ1) is 15.3. The number of benzene rings is 1. The number of amides is 1. The van der Waals surface area contributed by atoms with E-state index in [1.54, 1.807) is 4.57 Å². The summed E-state index contributed by atoms with van der Waals surface area (Å²) in [7, 11) is 1.51. The van der Waals surface area contributed by atoms with Gasteiger partial charge in [0.1, 0.15) is 11.3 Å². The maximum absolute atomic E-state index is 13.0. The zero-order valence-corrected chi connectivity index (χ0v) is 20.1. The highest BCUT2D eigenvalue weighted by Gasteiger charge is 2.25. The van der Waals surface area contributed by atoms with Crippen LogP contribution in [0.5, 0.6) is 5.75 Å². The normalized spacial score (nSPS) is 14.3. The van der Waals surface area contributed by atoms with Crippen molar-refractivity contribution in [3.63, 3.8) is 0 Å². The van der Waals surface area contributed by atoms with E-state index in [1.807, 2.05) is 0 Å². The molecule has 0 spiro atoms. The molecule has 0 bridgehead atoms. The van der Waals surface area contributed by atoms with Crippen LogP contribution in [-0.2, 0) is 19.5 Å². The van der Waals surface area contributed by atoms with Gasteiger partial charge in [-0.2, -0.15) is 0 Å². The molecule has 1 aliphatic heterocycles. The average Bonchev–Trinajstić information content (AvgIpc) is 2.96. The second kappa shape index (κ2) is 10.8. The summed E-state index contributed by atoms with van der Waals surface area (Å²) < 4.78 is 7.20. The number of ether oxygens (including phenoxy) is 1. The Hall–Kier alpha value is -2.60. The number of pyridine rings is 1. The second-order valence-electron chi connectivity index (χ2n) is 9.39. The van der Waals surface area contributed by atoms with Gasteiger partial charge in [0, 0.05) is 50.9 Å². The minimum absolute atomic E-state index is 0.112. The van der Waals surface area contributed by atoms with E-state index in [0.29, 0.717) is 42.7 Å². The van der Waals surface area contributed by atoms with Crippen LogP contribution >= 0.6 is 0 Å². The summed E-state index contributed by atoms with van der Waals surface area (Å²) in [5.74, 6) is 1.23. The fourth-order valence-electron chi connectivity index (χ4n) is 4.19. The Kier molecular flexibility index (Phi) is 8.13. The quantitative estimate of drug-likeness (QED) is 0.679. The van der Waals surface area contributed by atoms with Crippen molar-refractivity contribution in [3.8, 4) is 5.75 Å². The molecular formula is C26H37N3O3. The van der Waals surface area contributed by atoms with Gasteiger partial charge >= 0.3 is 0 Å². The Morgan fingerprint density at radius 1 is 1.09 bits per heavy atom. The van der Waals surface area contributed by atoms with Crippen molar-refractivity contribution >= 4 is 5.91 Å². The Morgan fingerprint density at radius 2 is 1.81 bits per heavy atom. The molecule has 1 aromatic carbocycles. The van der Waals surface area contributed by atoms with Crippen molar-refractivity contribution in [2.45, 2.75) is 59.5 Å².